The Bertz CT molecular complexity index is 2040. The maximum atomic E-state index is 13.7. The van der Waals surface area contributed by atoms with Gasteiger partial charge in [-0.25, -0.2) is 9.79 Å². The number of piperidine rings is 1. The molecule has 0 radical (unpaired) electrons. The van der Waals surface area contributed by atoms with Crippen molar-refractivity contribution in [2.24, 2.45) is 21.1 Å². The molecule has 3 aromatic rings. The highest BCUT2D eigenvalue weighted by Crippen LogP contribution is 2.38. The molecule has 4 N–H and O–H groups in total. The van der Waals surface area contributed by atoms with Gasteiger partial charge in [0, 0.05) is 49.1 Å². The number of allylic oxidation sites excluding steroid dienone is 1. The number of hydrogen-bond donors (Lipinski definition) is 3. The smallest absolute Gasteiger partial charge is 0.320 e. The van der Waals surface area contributed by atoms with E-state index in [1.54, 1.807) is 37.3 Å². The lowest BCUT2D eigenvalue weighted by atomic mass is 9.85. The molecule has 2 heterocycles. The standard InChI is InChI=1S/C41H57N7O6S/c1-28-13-10-11-22-47(28)27-48-25-32(18-21-39(48)43-6)54-36-20-19-35(33-16-8-9-17-34(33)36)45-40(49)46-38(24-37(42)41(3,4)5)44-30-14-12-15-31(23-30)53-29(2)26-52-55(7,50)51/h8-9,12,14-18,21,23-25,28-29,35-36H,10-11,13,19-20,22,26-27,42H2,1-7H3,(H2,44,45,46,49)/t28-,29+,35-,36+/m0/s1. The van der Waals surface area contributed by atoms with Crippen LogP contribution in [0.2, 0.25) is 0 Å². The predicted molar refractivity (Wildman–Crippen MR) is 216 cm³/mol. The zero-order valence-electron chi connectivity index (χ0n) is 33.1. The van der Waals surface area contributed by atoms with Crippen LogP contribution in [0.3, 0.4) is 0 Å². The number of benzene rings is 2. The van der Waals surface area contributed by atoms with E-state index in [1.807, 2.05) is 58.2 Å². The average Bonchev–Trinajstić information content (AvgIpc) is 3.12. The molecule has 14 heteroatoms. The lowest BCUT2D eigenvalue weighted by molar-refractivity contribution is 0.117. The third kappa shape index (κ3) is 12.2. The van der Waals surface area contributed by atoms with E-state index in [2.05, 4.69) is 44.3 Å². The molecule has 1 aromatic heterocycles. The van der Waals surface area contributed by atoms with Crippen molar-refractivity contribution in [1.82, 2.24) is 20.1 Å². The van der Waals surface area contributed by atoms with E-state index in [0.717, 1.165) is 41.8 Å². The number of pyridine rings is 1. The monoisotopic (exact) mass is 775 g/mol. The first-order valence-electron chi connectivity index (χ1n) is 19.0. The molecule has 0 spiro atoms. The van der Waals surface area contributed by atoms with Crippen molar-refractivity contribution in [3.8, 4) is 11.5 Å². The number of aromatic nitrogens is 1. The Hall–Kier alpha value is -4.66. The molecule has 298 valence electrons. The summed E-state index contributed by atoms with van der Waals surface area (Å²) in [7, 11) is -1.79. The number of nitrogens with one attached hydrogen (secondary N) is 2. The first-order valence-corrected chi connectivity index (χ1v) is 20.8. The van der Waals surface area contributed by atoms with Crippen LogP contribution in [0.25, 0.3) is 0 Å². The van der Waals surface area contributed by atoms with Gasteiger partial charge >= 0.3 is 6.03 Å². The molecule has 0 bridgehead atoms. The van der Waals surface area contributed by atoms with Crippen LogP contribution >= 0.6 is 0 Å². The van der Waals surface area contributed by atoms with E-state index in [-0.39, 0.29) is 30.0 Å². The van der Waals surface area contributed by atoms with E-state index in [1.165, 1.54) is 19.3 Å². The molecule has 2 aromatic carbocycles. The largest absolute Gasteiger partial charge is 0.488 e. The number of amidine groups is 1. The Labute approximate surface area is 325 Å². The van der Waals surface area contributed by atoms with Crippen molar-refractivity contribution in [2.75, 3.05) is 26.5 Å². The fraction of sp³-hybridized carbons (Fsp3) is 0.488. The van der Waals surface area contributed by atoms with Crippen LogP contribution in [0.5, 0.6) is 11.5 Å². The van der Waals surface area contributed by atoms with Gasteiger partial charge in [0.25, 0.3) is 10.1 Å². The molecule has 1 aliphatic carbocycles. The third-order valence-electron chi connectivity index (χ3n) is 9.82. The minimum Gasteiger partial charge on any atom is -0.488 e. The molecular formula is C41H57N7O6S. The van der Waals surface area contributed by atoms with Crippen LogP contribution in [0.4, 0.5) is 10.5 Å². The predicted octanol–water partition coefficient (Wildman–Crippen LogP) is 6.47. The molecule has 1 aliphatic heterocycles. The molecule has 1 fully saturated rings. The molecule has 2 amide bonds. The van der Waals surface area contributed by atoms with Gasteiger partial charge in [0.15, 0.2) is 0 Å². The maximum absolute atomic E-state index is 13.7. The van der Waals surface area contributed by atoms with Gasteiger partial charge in [-0.15, -0.1) is 0 Å². The summed E-state index contributed by atoms with van der Waals surface area (Å²) in [6, 6.07) is 18.8. The fourth-order valence-corrected chi connectivity index (χ4v) is 7.11. The van der Waals surface area contributed by atoms with Gasteiger partial charge in [-0.2, -0.15) is 8.42 Å². The summed E-state index contributed by atoms with van der Waals surface area (Å²) in [6.45, 7) is 11.6. The number of aliphatic imine (C=N–C) groups is 1. The van der Waals surface area contributed by atoms with Crippen molar-refractivity contribution >= 4 is 27.7 Å². The van der Waals surface area contributed by atoms with Crippen molar-refractivity contribution in [1.29, 1.82) is 0 Å². The van der Waals surface area contributed by atoms with Crippen LogP contribution in [-0.2, 0) is 21.0 Å². The number of ether oxygens (including phenoxy) is 2. The van der Waals surface area contributed by atoms with Gasteiger partial charge in [-0.05, 0) is 74.9 Å². The number of carbonyl (C=O) groups excluding carboxylic acids is 1. The Kier molecular flexibility index (Phi) is 13.8. The minimum atomic E-state index is -3.60. The van der Waals surface area contributed by atoms with Gasteiger partial charge in [0.2, 0.25) is 0 Å². The van der Waals surface area contributed by atoms with E-state index in [9.17, 15) is 13.2 Å². The Morgan fingerprint density at radius 2 is 1.80 bits per heavy atom. The zero-order valence-corrected chi connectivity index (χ0v) is 33.9. The number of likely N-dealkylation sites (tertiary alicyclic amines) is 1. The van der Waals surface area contributed by atoms with Crippen LogP contribution in [0, 0.1) is 5.41 Å². The summed E-state index contributed by atoms with van der Waals surface area (Å²) in [4.78, 5) is 25.4. The quantitative estimate of drug-likeness (QED) is 0.107. The minimum absolute atomic E-state index is 0.137. The number of nitrogens with zero attached hydrogens (tertiary/aromatic N) is 4. The fourth-order valence-electron chi connectivity index (χ4n) is 6.67. The number of urea groups is 1. The van der Waals surface area contributed by atoms with E-state index in [0.29, 0.717) is 36.0 Å². The van der Waals surface area contributed by atoms with Crippen LogP contribution in [-0.4, -0.2) is 68.4 Å². The van der Waals surface area contributed by atoms with Gasteiger partial charge in [0.1, 0.15) is 41.6 Å². The van der Waals surface area contributed by atoms with Crippen molar-refractivity contribution in [2.45, 2.75) is 97.7 Å². The van der Waals surface area contributed by atoms with Gasteiger partial charge in [0.05, 0.1) is 24.7 Å². The highest BCUT2D eigenvalue weighted by Gasteiger charge is 2.30. The molecule has 4 atom stereocenters. The lowest BCUT2D eigenvalue weighted by Crippen LogP contribution is -2.42. The van der Waals surface area contributed by atoms with Gasteiger partial charge < -0.3 is 25.1 Å². The third-order valence-corrected chi connectivity index (χ3v) is 10.4. The summed E-state index contributed by atoms with van der Waals surface area (Å²) < 4.78 is 42.4. The maximum Gasteiger partial charge on any atom is 0.320 e. The number of amides is 2. The normalized spacial score (nSPS) is 20.7. The molecule has 0 saturated carbocycles. The molecule has 13 nitrogen and oxygen atoms in total. The summed E-state index contributed by atoms with van der Waals surface area (Å²) >= 11 is 0. The lowest BCUT2D eigenvalue weighted by Gasteiger charge is -2.34. The molecule has 55 heavy (non-hydrogen) atoms. The van der Waals surface area contributed by atoms with E-state index >= 15 is 0 Å². The number of fused-ring (bicyclic) bond motifs is 1. The Morgan fingerprint density at radius 3 is 2.51 bits per heavy atom. The number of nitrogens with two attached hydrogens (primary N) is 1. The molecule has 2 aliphatic rings. The Morgan fingerprint density at radius 1 is 1.04 bits per heavy atom. The topological polar surface area (TPSA) is 162 Å². The number of rotatable bonds is 12. The molecule has 0 unspecified atom stereocenters. The zero-order chi connectivity index (χ0) is 39.8. The van der Waals surface area contributed by atoms with Crippen LogP contribution < -0.4 is 31.3 Å². The SMILES string of the molecule is CN=c1ccc(O[C@@H]2CC[C@H](NC(=O)NC(C=C(N)C(C)(C)C)=Nc3cccc(O[C@H](C)COS(C)(=O)=O)c3)c3ccccc32)cn1CN1CCCC[C@@H]1C. The van der Waals surface area contributed by atoms with E-state index in [4.69, 9.17) is 24.4 Å². The first-order chi connectivity index (χ1) is 26.1. The highest BCUT2D eigenvalue weighted by atomic mass is 32.2. The van der Waals surface area contributed by atoms with E-state index < -0.39 is 22.3 Å². The molecule has 5 rings (SSSR count). The number of hydrogen-bond acceptors (Lipinski definition) is 10. The highest BCUT2D eigenvalue weighted by molar-refractivity contribution is 7.85. The second kappa shape index (κ2) is 18.3. The molecular weight excluding hydrogens is 719 g/mol. The average molecular weight is 776 g/mol. The summed E-state index contributed by atoms with van der Waals surface area (Å²) in [5.74, 6) is 1.48. The summed E-state index contributed by atoms with van der Waals surface area (Å²) in [5.41, 5.74) is 10.0. The van der Waals surface area contributed by atoms with Crippen molar-refractivity contribution in [3.05, 3.63) is 95.2 Å². The van der Waals surface area contributed by atoms with Crippen molar-refractivity contribution in [3.63, 3.8) is 0 Å². The second-order valence-electron chi connectivity index (χ2n) is 15.4. The van der Waals surface area contributed by atoms with Crippen LogP contribution in [0.15, 0.2) is 88.6 Å². The first kappa shape index (κ1) is 41.5. The van der Waals surface area contributed by atoms with Crippen molar-refractivity contribution < 1.29 is 26.9 Å². The van der Waals surface area contributed by atoms with Gasteiger partial charge in [-0.1, -0.05) is 57.5 Å². The summed E-state index contributed by atoms with van der Waals surface area (Å²) in [6.07, 6.45) is 9.01. The van der Waals surface area contributed by atoms with Gasteiger partial charge in [-0.3, -0.25) is 19.4 Å². The van der Waals surface area contributed by atoms with Crippen LogP contribution in [0.1, 0.15) is 90.0 Å². The molecule has 1 saturated heterocycles. The number of carbonyl (C=O) groups is 1. The summed E-state index contributed by atoms with van der Waals surface area (Å²) in [5, 5.41) is 6.08. The second-order valence-corrected chi connectivity index (χ2v) is 17.1. The Balaban J connectivity index is 1.31.